The first-order valence-corrected chi connectivity index (χ1v) is 7.96. The zero-order chi connectivity index (χ0) is 18.0. The molecule has 0 aliphatic carbocycles. The standard InChI is InChI=1S/C17H11BrF3N3O/c18-11-6-7-12(19)15(14(11)21)22-17(25)16-13(20)9-24(23-16)8-10-4-2-1-3-5-10/h1-7,9H,8H2,(H,22,25). The molecule has 0 radical (unpaired) electrons. The van der Waals surface area contributed by atoms with Gasteiger partial charge in [0.1, 0.15) is 11.5 Å². The lowest BCUT2D eigenvalue weighted by molar-refractivity contribution is 0.101. The van der Waals surface area contributed by atoms with Crippen molar-refractivity contribution in [2.75, 3.05) is 5.32 Å². The molecular weight excluding hydrogens is 399 g/mol. The van der Waals surface area contributed by atoms with Crippen LogP contribution < -0.4 is 5.32 Å². The summed E-state index contributed by atoms with van der Waals surface area (Å²) in [4.78, 5) is 12.1. The first kappa shape index (κ1) is 17.2. The van der Waals surface area contributed by atoms with Crippen LogP contribution in [-0.4, -0.2) is 15.7 Å². The van der Waals surface area contributed by atoms with Crippen molar-refractivity contribution in [1.29, 1.82) is 0 Å². The smallest absolute Gasteiger partial charge is 0.279 e. The molecule has 0 unspecified atom stereocenters. The molecule has 25 heavy (non-hydrogen) atoms. The Kier molecular flexibility index (Phi) is 4.89. The summed E-state index contributed by atoms with van der Waals surface area (Å²) in [6.45, 7) is 0.255. The van der Waals surface area contributed by atoms with Crippen molar-refractivity contribution in [3.8, 4) is 0 Å². The second kappa shape index (κ2) is 7.10. The zero-order valence-electron chi connectivity index (χ0n) is 12.6. The quantitative estimate of drug-likeness (QED) is 0.650. The van der Waals surface area contributed by atoms with E-state index in [2.05, 4.69) is 21.0 Å². The molecule has 0 spiro atoms. The van der Waals surface area contributed by atoms with Gasteiger partial charge in [-0.1, -0.05) is 30.3 Å². The molecule has 0 bridgehead atoms. The minimum Gasteiger partial charge on any atom is -0.316 e. The number of nitrogens with zero attached hydrogens (tertiary/aromatic N) is 2. The van der Waals surface area contributed by atoms with E-state index in [9.17, 15) is 18.0 Å². The van der Waals surface area contributed by atoms with Crippen LogP contribution in [0.1, 0.15) is 16.1 Å². The Morgan fingerprint density at radius 1 is 1.08 bits per heavy atom. The summed E-state index contributed by atoms with van der Waals surface area (Å²) in [7, 11) is 0. The fourth-order valence-corrected chi connectivity index (χ4v) is 2.55. The maximum atomic E-state index is 14.0. The van der Waals surface area contributed by atoms with Gasteiger partial charge in [0, 0.05) is 0 Å². The number of anilines is 1. The van der Waals surface area contributed by atoms with Crippen molar-refractivity contribution < 1.29 is 18.0 Å². The molecule has 3 rings (SSSR count). The van der Waals surface area contributed by atoms with E-state index in [4.69, 9.17) is 0 Å². The fourth-order valence-electron chi connectivity index (χ4n) is 2.22. The second-order valence-corrected chi connectivity index (χ2v) is 6.04. The Hall–Kier alpha value is -2.61. The number of amides is 1. The van der Waals surface area contributed by atoms with Crippen LogP contribution in [0.15, 0.2) is 53.1 Å². The molecule has 1 heterocycles. The van der Waals surface area contributed by atoms with Gasteiger partial charge in [0.25, 0.3) is 5.91 Å². The molecular formula is C17H11BrF3N3O. The third-order valence-corrected chi connectivity index (χ3v) is 4.01. The van der Waals surface area contributed by atoms with Gasteiger partial charge in [-0.25, -0.2) is 13.2 Å². The summed E-state index contributed by atoms with van der Waals surface area (Å²) in [5.41, 5.74) is -0.355. The Labute approximate surface area is 149 Å². The van der Waals surface area contributed by atoms with Crippen LogP contribution >= 0.6 is 15.9 Å². The fraction of sp³-hybridized carbons (Fsp3) is 0.0588. The van der Waals surface area contributed by atoms with Gasteiger partial charge >= 0.3 is 0 Å². The predicted molar refractivity (Wildman–Crippen MR) is 89.7 cm³/mol. The van der Waals surface area contributed by atoms with Crippen molar-refractivity contribution in [2.45, 2.75) is 6.54 Å². The maximum Gasteiger partial charge on any atom is 0.279 e. The van der Waals surface area contributed by atoms with E-state index in [0.717, 1.165) is 23.9 Å². The summed E-state index contributed by atoms with van der Waals surface area (Å²) in [6.07, 6.45) is 1.05. The molecule has 3 aromatic rings. The lowest BCUT2D eigenvalue weighted by Gasteiger charge is -2.07. The van der Waals surface area contributed by atoms with Crippen LogP contribution in [0.25, 0.3) is 0 Å². The highest BCUT2D eigenvalue weighted by atomic mass is 79.9. The number of aromatic nitrogens is 2. The number of halogens is 4. The maximum absolute atomic E-state index is 14.0. The van der Waals surface area contributed by atoms with Crippen LogP contribution in [0, 0.1) is 17.5 Å². The highest BCUT2D eigenvalue weighted by molar-refractivity contribution is 9.10. The van der Waals surface area contributed by atoms with Gasteiger partial charge < -0.3 is 5.32 Å². The van der Waals surface area contributed by atoms with Crippen LogP contribution in [0.4, 0.5) is 18.9 Å². The van der Waals surface area contributed by atoms with E-state index in [1.165, 1.54) is 4.68 Å². The largest absolute Gasteiger partial charge is 0.316 e. The third-order valence-electron chi connectivity index (χ3n) is 3.40. The first-order chi connectivity index (χ1) is 12.0. The molecule has 0 saturated carbocycles. The minimum atomic E-state index is -1.04. The van der Waals surface area contributed by atoms with Gasteiger partial charge in [-0.3, -0.25) is 9.48 Å². The number of nitrogens with one attached hydrogen (secondary N) is 1. The molecule has 0 atom stereocenters. The highest BCUT2D eigenvalue weighted by Crippen LogP contribution is 2.26. The highest BCUT2D eigenvalue weighted by Gasteiger charge is 2.21. The zero-order valence-corrected chi connectivity index (χ0v) is 14.2. The van der Waals surface area contributed by atoms with Crippen LogP contribution in [0.3, 0.4) is 0 Å². The third kappa shape index (κ3) is 3.74. The van der Waals surface area contributed by atoms with Crippen LogP contribution in [-0.2, 0) is 6.54 Å². The average Bonchev–Trinajstić information content (AvgIpc) is 2.96. The van der Waals surface area contributed by atoms with Crippen molar-refractivity contribution in [3.05, 3.63) is 81.8 Å². The van der Waals surface area contributed by atoms with Gasteiger partial charge in [0.2, 0.25) is 0 Å². The van der Waals surface area contributed by atoms with Crippen molar-refractivity contribution in [1.82, 2.24) is 9.78 Å². The van der Waals surface area contributed by atoms with E-state index in [1.807, 2.05) is 35.6 Å². The van der Waals surface area contributed by atoms with E-state index in [-0.39, 0.29) is 11.0 Å². The van der Waals surface area contributed by atoms with E-state index in [0.29, 0.717) is 0 Å². The molecule has 4 nitrogen and oxygen atoms in total. The molecule has 1 aromatic heterocycles. The lowest BCUT2D eigenvalue weighted by atomic mass is 10.2. The van der Waals surface area contributed by atoms with Crippen molar-refractivity contribution in [3.63, 3.8) is 0 Å². The minimum absolute atomic E-state index is 0.0284. The van der Waals surface area contributed by atoms with Crippen molar-refractivity contribution in [2.24, 2.45) is 0 Å². The molecule has 1 N–H and O–H groups in total. The molecule has 0 saturated heterocycles. The number of carbonyl (C=O) groups is 1. The Balaban J connectivity index is 1.83. The normalized spacial score (nSPS) is 10.7. The monoisotopic (exact) mass is 409 g/mol. The van der Waals surface area contributed by atoms with E-state index >= 15 is 0 Å². The molecule has 1 amide bonds. The van der Waals surface area contributed by atoms with E-state index < -0.39 is 34.7 Å². The summed E-state index contributed by atoms with van der Waals surface area (Å²) in [6, 6.07) is 11.3. The Morgan fingerprint density at radius 3 is 2.52 bits per heavy atom. The lowest BCUT2D eigenvalue weighted by Crippen LogP contribution is -2.17. The van der Waals surface area contributed by atoms with Gasteiger partial charge in [-0.05, 0) is 33.6 Å². The van der Waals surface area contributed by atoms with Crippen LogP contribution in [0.2, 0.25) is 0 Å². The summed E-state index contributed by atoms with van der Waals surface area (Å²) < 4.78 is 42.8. The topological polar surface area (TPSA) is 46.9 Å². The molecule has 0 aliphatic rings. The molecule has 128 valence electrons. The first-order valence-electron chi connectivity index (χ1n) is 7.17. The molecule has 0 aliphatic heterocycles. The molecule has 8 heteroatoms. The van der Waals surface area contributed by atoms with Gasteiger partial charge in [0.15, 0.2) is 17.3 Å². The van der Waals surface area contributed by atoms with Gasteiger partial charge in [-0.2, -0.15) is 5.10 Å². The number of hydrogen-bond donors (Lipinski definition) is 1. The molecule has 2 aromatic carbocycles. The van der Waals surface area contributed by atoms with Crippen molar-refractivity contribution >= 4 is 27.5 Å². The SMILES string of the molecule is O=C(Nc1c(F)ccc(Br)c1F)c1nn(Cc2ccccc2)cc1F. The summed E-state index contributed by atoms with van der Waals surface area (Å²) in [5.74, 6) is -3.89. The molecule has 0 fully saturated rings. The van der Waals surface area contributed by atoms with Crippen LogP contribution in [0.5, 0.6) is 0 Å². The average molecular weight is 410 g/mol. The second-order valence-electron chi connectivity index (χ2n) is 5.18. The predicted octanol–water partition coefficient (Wildman–Crippen LogP) is 4.36. The number of hydrogen-bond acceptors (Lipinski definition) is 2. The van der Waals surface area contributed by atoms with Gasteiger partial charge in [0.05, 0.1) is 17.2 Å². The van der Waals surface area contributed by atoms with Gasteiger partial charge in [-0.15, -0.1) is 0 Å². The van der Waals surface area contributed by atoms with E-state index in [1.54, 1.807) is 0 Å². The summed E-state index contributed by atoms with van der Waals surface area (Å²) >= 11 is 2.90. The number of rotatable bonds is 4. The summed E-state index contributed by atoms with van der Waals surface area (Å²) in [5, 5.41) is 5.87. The Bertz CT molecular complexity index is 928. The number of benzene rings is 2. The number of carbonyl (C=O) groups excluding carboxylic acids is 1. The Morgan fingerprint density at radius 2 is 1.80 bits per heavy atom.